The van der Waals surface area contributed by atoms with Crippen molar-refractivity contribution in [1.82, 2.24) is 9.78 Å². The average Bonchev–Trinajstić information content (AvgIpc) is 2.67. The lowest BCUT2D eigenvalue weighted by Gasteiger charge is -2.08. The van der Waals surface area contributed by atoms with Gasteiger partial charge in [-0.1, -0.05) is 12.1 Å². The van der Waals surface area contributed by atoms with Crippen molar-refractivity contribution < 1.29 is 9.53 Å². The zero-order valence-corrected chi connectivity index (χ0v) is 12.5. The Hall–Kier alpha value is -2.34. The number of aryl methyl sites for hydroxylation is 1. The van der Waals surface area contributed by atoms with Gasteiger partial charge in [0.05, 0.1) is 23.7 Å². The predicted octanol–water partition coefficient (Wildman–Crippen LogP) is 1.87. The Morgan fingerprint density at radius 2 is 2.19 bits per heavy atom. The van der Waals surface area contributed by atoms with E-state index in [1.807, 2.05) is 38.1 Å². The maximum atomic E-state index is 12.1. The normalized spacial score (nSPS) is 10.6. The summed E-state index contributed by atoms with van der Waals surface area (Å²) < 4.78 is 6.68. The zero-order valence-electron chi connectivity index (χ0n) is 12.5. The standard InChI is InChI=1S/C15H20N4O2/c1-10-15(16)11(2)19(18-10)8-14(20)17-13-6-4-5-12(7-13)9-21-3/h4-7H,8-9,16H2,1-3H3,(H,17,20). The highest BCUT2D eigenvalue weighted by molar-refractivity contribution is 5.90. The fourth-order valence-corrected chi connectivity index (χ4v) is 2.11. The van der Waals surface area contributed by atoms with Crippen LogP contribution in [0.15, 0.2) is 24.3 Å². The number of carbonyl (C=O) groups excluding carboxylic acids is 1. The molecule has 0 bridgehead atoms. The molecule has 6 heteroatoms. The second-order valence-corrected chi connectivity index (χ2v) is 4.92. The largest absolute Gasteiger partial charge is 0.396 e. The van der Waals surface area contributed by atoms with Crippen LogP contribution in [0.1, 0.15) is 17.0 Å². The van der Waals surface area contributed by atoms with E-state index in [1.165, 1.54) is 0 Å². The monoisotopic (exact) mass is 288 g/mol. The zero-order chi connectivity index (χ0) is 15.4. The maximum absolute atomic E-state index is 12.1. The first-order chi connectivity index (χ1) is 10.0. The molecule has 21 heavy (non-hydrogen) atoms. The Morgan fingerprint density at radius 1 is 1.43 bits per heavy atom. The van der Waals surface area contributed by atoms with Crippen LogP contribution in [0.3, 0.4) is 0 Å². The Morgan fingerprint density at radius 3 is 2.81 bits per heavy atom. The number of hydrogen-bond donors (Lipinski definition) is 2. The molecule has 0 aliphatic carbocycles. The number of carbonyl (C=O) groups is 1. The van der Waals surface area contributed by atoms with E-state index in [0.717, 1.165) is 22.6 Å². The first-order valence-corrected chi connectivity index (χ1v) is 6.68. The van der Waals surface area contributed by atoms with E-state index in [0.29, 0.717) is 12.3 Å². The molecule has 1 amide bonds. The van der Waals surface area contributed by atoms with Crippen LogP contribution < -0.4 is 11.1 Å². The van der Waals surface area contributed by atoms with Crippen LogP contribution in [0.4, 0.5) is 11.4 Å². The molecule has 0 saturated heterocycles. The molecule has 112 valence electrons. The SMILES string of the molecule is COCc1cccc(NC(=O)Cn2nc(C)c(N)c2C)c1. The fraction of sp³-hybridized carbons (Fsp3) is 0.333. The van der Waals surface area contributed by atoms with Crippen molar-refractivity contribution in [2.24, 2.45) is 0 Å². The van der Waals surface area contributed by atoms with E-state index >= 15 is 0 Å². The van der Waals surface area contributed by atoms with E-state index in [4.69, 9.17) is 10.5 Å². The van der Waals surface area contributed by atoms with Crippen LogP contribution in [0.25, 0.3) is 0 Å². The Balaban J connectivity index is 2.04. The Kier molecular flexibility index (Phi) is 4.59. The second-order valence-electron chi connectivity index (χ2n) is 4.92. The molecule has 2 rings (SSSR count). The summed E-state index contributed by atoms with van der Waals surface area (Å²) in [5.41, 5.74) is 9.77. The summed E-state index contributed by atoms with van der Waals surface area (Å²) in [7, 11) is 1.64. The first kappa shape index (κ1) is 15.1. The van der Waals surface area contributed by atoms with Crippen LogP contribution in [0.5, 0.6) is 0 Å². The topological polar surface area (TPSA) is 82.2 Å². The van der Waals surface area contributed by atoms with Crippen LogP contribution in [0.2, 0.25) is 0 Å². The Bertz CT molecular complexity index is 649. The van der Waals surface area contributed by atoms with Gasteiger partial charge in [-0.25, -0.2) is 0 Å². The van der Waals surface area contributed by atoms with E-state index in [-0.39, 0.29) is 12.5 Å². The van der Waals surface area contributed by atoms with Gasteiger partial charge >= 0.3 is 0 Å². The fourth-order valence-electron chi connectivity index (χ4n) is 2.11. The molecule has 2 aromatic rings. The number of aromatic nitrogens is 2. The summed E-state index contributed by atoms with van der Waals surface area (Å²) in [6, 6.07) is 7.55. The third kappa shape index (κ3) is 3.61. The third-order valence-electron chi connectivity index (χ3n) is 3.25. The van der Waals surface area contributed by atoms with Crippen molar-refractivity contribution in [2.45, 2.75) is 27.0 Å². The molecule has 0 fully saturated rings. The molecule has 0 atom stereocenters. The van der Waals surface area contributed by atoms with Gasteiger partial charge in [0.15, 0.2) is 0 Å². The second kappa shape index (κ2) is 6.41. The van der Waals surface area contributed by atoms with E-state index in [1.54, 1.807) is 11.8 Å². The minimum atomic E-state index is -0.143. The van der Waals surface area contributed by atoms with Gasteiger partial charge in [-0.2, -0.15) is 5.10 Å². The van der Waals surface area contributed by atoms with Gasteiger partial charge in [-0.15, -0.1) is 0 Å². The summed E-state index contributed by atoms with van der Waals surface area (Å²) in [4.78, 5) is 12.1. The number of nitrogens with zero attached hydrogens (tertiary/aromatic N) is 2. The van der Waals surface area contributed by atoms with Gasteiger partial charge in [-0.3, -0.25) is 9.48 Å². The van der Waals surface area contributed by atoms with Gasteiger partial charge in [-0.05, 0) is 31.5 Å². The van der Waals surface area contributed by atoms with Crippen molar-refractivity contribution in [3.05, 3.63) is 41.2 Å². The summed E-state index contributed by atoms with van der Waals surface area (Å²) in [5.74, 6) is -0.143. The minimum absolute atomic E-state index is 0.137. The molecule has 0 aliphatic heterocycles. The molecule has 0 unspecified atom stereocenters. The highest BCUT2D eigenvalue weighted by Crippen LogP contribution is 2.15. The molecule has 1 heterocycles. The molecule has 3 N–H and O–H groups in total. The number of nitrogens with one attached hydrogen (secondary N) is 1. The molecular formula is C15H20N4O2. The molecule has 0 aliphatic rings. The number of rotatable bonds is 5. The lowest BCUT2D eigenvalue weighted by atomic mass is 10.2. The van der Waals surface area contributed by atoms with Gasteiger partial charge in [0.2, 0.25) is 5.91 Å². The summed E-state index contributed by atoms with van der Waals surface area (Å²) >= 11 is 0. The van der Waals surface area contributed by atoms with E-state index in [9.17, 15) is 4.79 Å². The number of nitrogens with two attached hydrogens (primary N) is 1. The maximum Gasteiger partial charge on any atom is 0.246 e. The van der Waals surface area contributed by atoms with Gasteiger partial charge in [0, 0.05) is 12.8 Å². The van der Waals surface area contributed by atoms with Crippen LogP contribution in [0, 0.1) is 13.8 Å². The number of anilines is 2. The molecule has 0 spiro atoms. The molecule has 6 nitrogen and oxygen atoms in total. The highest BCUT2D eigenvalue weighted by Gasteiger charge is 2.11. The van der Waals surface area contributed by atoms with E-state index in [2.05, 4.69) is 10.4 Å². The van der Waals surface area contributed by atoms with E-state index < -0.39 is 0 Å². The Labute approximate surface area is 123 Å². The van der Waals surface area contributed by atoms with Crippen LogP contribution in [-0.2, 0) is 22.7 Å². The van der Waals surface area contributed by atoms with Crippen molar-refractivity contribution in [1.29, 1.82) is 0 Å². The quantitative estimate of drug-likeness (QED) is 0.880. The third-order valence-corrected chi connectivity index (χ3v) is 3.25. The highest BCUT2D eigenvalue weighted by atomic mass is 16.5. The van der Waals surface area contributed by atoms with Crippen molar-refractivity contribution >= 4 is 17.3 Å². The number of methoxy groups -OCH3 is 1. The summed E-state index contributed by atoms with van der Waals surface area (Å²) in [6.45, 7) is 4.32. The smallest absolute Gasteiger partial charge is 0.246 e. The average molecular weight is 288 g/mol. The van der Waals surface area contributed by atoms with Crippen molar-refractivity contribution in [3.8, 4) is 0 Å². The van der Waals surface area contributed by atoms with Crippen molar-refractivity contribution in [3.63, 3.8) is 0 Å². The minimum Gasteiger partial charge on any atom is -0.396 e. The molecule has 1 aromatic heterocycles. The first-order valence-electron chi connectivity index (χ1n) is 6.68. The van der Waals surface area contributed by atoms with Crippen LogP contribution in [-0.4, -0.2) is 22.8 Å². The summed E-state index contributed by atoms with van der Waals surface area (Å²) in [6.07, 6.45) is 0. The lowest BCUT2D eigenvalue weighted by Crippen LogP contribution is -2.20. The number of hydrogen-bond acceptors (Lipinski definition) is 4. The van der Waals surface area contributed by atoms with Gasteiger partial charge in [0.25, 0.3) is 0 Å². The predicted molar refractivity (Wildman–Crippen MR) is 81.9 cm³/mol. The number of ether oxygens (including phenoxy) is 1. The lowest BCUT2D eigenvalue weighted by molar-refractivity contribution is -0.116. The van der Waals surface area contributed by atoms with Gasteiger partial charge in [0.1, 0.15) is 6.54 Å². The molecular weight excluding hydrogens is 268 g/mol. The molecule has 0 saturated carbocycles. The molecule has 1 aromatic carbocycles. The van der Waals surface area contributed by atoms with Gasteiger partial charge < -0.3 is 15.8 Å². The van der Waals surface area contributed by atoms with Crippen molar-refractivity contribution in [2.75, 3.05) is 18.2 Å². The summed E-state index contributed by atoms with van der Waals surface area (Å²) in [5, 5.41) is 7.10. The van der Waals surface area contributed by atoms with Crippen LogP contribution >= 0.6 is 0 Å². The number of amides is 1. The molecule has 0 radical (unpaired) electrons. The number of nitrogen functional groups attached to an aromatic ring is 1. The number of benzene rings is 1.